The molecule has 9 heteroatoms. The summed E-state index contributed by atoms with van der Waals surface area (Å²) >= 11 is 0. The number of ketones is 1. The summed E-state index contributed by atoms with van der Waals surface area (Å²) in [6, 6.07) is 11.2. The van der Waals surface area contributed by atoms with Gasteiger partial charge in [-0.05, 0) is 42.3 Å². The Morgan fingerprint density at radius 3 is 2.06 bits per heavy atom. The maximum atomic E-state index is 12.5. The maximum absolute atomic E-state index is 12.5. The molecule has 0 aromatic heterocycles. The predicted molar refractivity (Wildman–Crippen MR) is 118 cm³/mol. The van der Waals surface area contributed by atoms with Gasteiger partial charge < -0.3 is 20.7 Å². The van der Waals surface area contributed by atoms with Crippen molar-refractivity contribution in [2.45, 2.75) is 26.8 Å². The van der Waals surface area contributed by atoms with E-state index in [-0.39, 0.29) is 28.6 Å². The Kier molecular flexibility index (Phi) is 8.23. The van der Waals surface area contributed by atoms with Crippen LogP contribution in [0.2, 0.25) is 0 Å². The summed E-state index contributed by atoms with van der Waals surface area (Å²) < 4.78 is 4.71. The molecule has 0 aliphatic heterocycles. The first-order valence-corrected chi connectivity index (χ1v) is 9.85. The van der Waals surface area contributed by atoms with Crippen molar-refractivity contribution in [1.29, 1.82) is 0 Å². The minimum absolute atomic E-state index is 0.0544. The first-order chi connectivity index (χ1) is 15.1. The molecule has 0 unspecified atom stereocenters. The highest BCUT2D eigenvalue weighted by molar-refractivity contribution is 6.47. The van der Waals surface area contributed by atoms with E-state index in [9.17, 15) is 24.0 Å². The fraction of sp³-hybridized carbons (Fsp3) is 0.261. The number of anilines is 2. The average molecular weight is 439 g/mol. The third-order valence-corrected chi connectivity index (χ3v) is 4.50. The van der Waals surface area contributed by atoms with Gasteiger partial charge in [0, 0.05) is 18.2 Å². The second-order valence-electron chi connectivity index (χ2n) is 7.31. The van der Waals surface area contributed by atoms with Crippen LogP contribution in [0.4, 0.5) is 11.4 Å². The molecule has 0 aliphatic carbocycles. The predicted octanol–water partition coefficient (Wildman–Crippen LogP) is 2.39. The largest absolute Gasteiger partial charge is 0.467 e. The number of carbonyl (C=O) groups is 5. The molecule has 0 spiro atoms. The number of rotatable bonds is 8. The number of amides is 3. The van der Waals surface area contributed by atoms with Crippen molar-refractivity contribution in [3.05, 3.63) is 59.7 Å². The fourth-order valence-electron chi connectivity index (χ4n) is 2.84. The molecule has 2 aromatic carbocycles. The molecular weight excluding hydrogens is 414 g/mol. The number of benzene rings is 2. The van der Waals surface area contributed by atoms with Gasteiger partial charge in [-0.2, -0.15) is 0 Å². The lowest BCUT2D eigenvalue weighted by Crippen LogP contribution is -2.45. The van der Waals surface area contributed by atoms with Crippen LogP contribution in [0, 0.1) is 5.92 Å². The number of esters is 1. The number of hydrogen-bond donors (Lipinski definition) is 3. The van der Waals surface area contributed by atoms with E-state index in [4.69, 9.17) is 4.74 Å². The molecule has 0 heterocycles. The van der Waals surface area contributed by atoms with Crippen molar-refractivity contribution in [3.63, 3.8) is 0 Å². The Morgan fingerprint density at radius 1 is 0.875 bits per heavy atom. The minimum Gasteiger partial charge on any atom is -0.467 e. The van der Waals surface area contributed by atoms with Gasteiger partial charge in [0.15, 0.2) is 0 Å². The zero-order valence-electron chi connectivity index (χ0n) is 18.2. The van der Waals surface area contributed by atoms with Gasteiger partial charge in [-0.1, -0.05) is 26.0 Å². The second kappa shape index (κ2) is 10.9. The lowest BCUT2D eigenvalue weighted by Gasteiger charge is -2.19. The molecule has 32 heavy (non-hydrogen) atoms. The Bertz CT molecular complexity index is 1030. The summed E-state index contributed by atoms with van der Waals surface area (Å²) in [5.74, 6) is -3.29. The van der Waals surface area contributed by atoms with Gasteiger partial charge in [-0.25, -0.2) is 4.79 Å². The summed E-state index contributed by atoms with van der Waals surface area (Å²) in [6.07, 6.45) is 0. The number of carbonyl (C=O) groups excluding carboxylic acids is 5. The number of nitrogens with one attached hydrogen (secondary N) is 3. The summed E-state index contributed by atoms with van der Waals surface area (Å²) in [5, 5.41) is 7.59. The third-order valence-electron chi connectivity index (χ3n) is 4.50. The van der Waals surface area contributed by atoms with Crippen LogP contribution in [-0.2, 0) is 19.1 Å². The van der Waals surface area contributed by atoms with Crippen LogP contribution in [0.5, 0.6) is 0 Å². The van der Waals surface area contributed by atoms with E-state index in [1.807, 2.05) is 0 Å². The number of Topliss-reactive ketones (excluding diaryl/α,β-unsaturated/α-hetero) is 1. The van der Waals surface area contributed by atoms with E-state index in [2.05, 4.69) is 16.0 Å². The highest BCUT2D eigenvalue weighted by atomic mass is 16.5. The van der Waals surface area contributed by atoms with Crippen LogP contribution in [0.25, 0.3) is 0 Å². The molecule has 0 aliphatic rings. The van der Waals surface area contributed by atoms with Gasteiger partial charge in [0.05, 0.1) is 18.4 Å². The van der Waals surface area contributed by atoms with Gasteiger partial charge in [0.25, 0.3) is 17.6 Å². The quantitative estimate of drug-likeness (QED) is 0.329. The number of methoxy groups -OCH3 is 1. The number of ether oxygens (including phenoxy) is 1. The van der Waals surface area contributed by atoms with E-state index in [1.165, 1.54) is 50.4 Å². The minimum atomic E-state index is -0.898. The van der Waals surface area contributed by atoms with E-state index < -0.39 is 29.6 Å². The molecule has 2 rings (SSSR count). The van der Waals surface area contributed by atoms with Crippen LogP contribution >= 0.6 is 0 Å². The van der Waals surface area contributed by atoms with Gasteiger partial charge in [-0.3, -0.25) is 19.2 Å². The highest BCUT2D eigenvalue weighted by Gasteiger charge is 2.25. The Morgan fingerprint density at radius 2 is 1.50 bits per heavy atom. The van der Waals surface area contributed by atoms with Crippen LogP contribution in [-0.4, -0.2) is 42.6 Å². The van der Waals surface area contributed by atoms with Gasteiger partial charge in [0.1, 0.15) is 6.04 Å². The smallest absolute Gasteiger partial charge is 0.328 e. The van der Waals surface area contributed by atoms with Crippen molar-refractivity contribution in [3.8, 4) is 0 Å². The molecule has 3 N–H and O–H groups in total. The van der Waals surface area contributed by atoms with Crippen LogP contribution in [0.1, 0.15) is 41.5 Å². The zero-order chi connectivity index (χ0) is 23.8. The van der Waals surface area contributed by atoms with Crippen molar-refractivity contribution in [2.24, 2.45) is 5.92 Å². The van der Waals surface area contributed by atoms with Gasteiger partial charge in [0.2, 0.25) is 5.91 Å². The second-order valence-corrected chi connectivity index (χ2v) is 7.31. The molecule has 0 bridgehead atoms. The first kappa shape index (κ1) is 24.3. The summed E-state index contributed by atoms with van der Waals surface area (Å²) in [4.78, 5) is 60.5. The molecule has 3 amide bonds. The molecule has 9 nitrogen and oxygen atoms in total. The molecule has 2 aromatic rings. The van der Waals surface area contributed by atoms with E-state index in [0.29, 0.717) is 5.69 Å². The molecule has 0 saturated carbocycles. The first-order valence-electron chi connectivity index (χ1n) is 9.85. The lowest BCUT2D eigenvalue weighted by molar-refractivity contribution is -0.144. The molecule has 0 fully saturated rings. The fourth-order valence-corrected chi connectivity index (χ4v) is 2.84. The number of hydrogen-bond acceptors (Lipinski definition) is 6. The van der Waals surface area contributed by atoms with Crippen molar-refractivity contribution in [1.82, 2.24) is 5.32 Å². The Balaban J connectivity index is 2.08. The van der Waals surface area contributed by atoms with E-state index >= 15 is 0 Å². The highest BCUT2D eigenvalue weighted by Crippen LogP contribution is 2.17. The molecule has 1 atom stereocenters. The van der Waals surface area contributed by atoms with Crippen LogP contribution in [0.3, 0.4) is 0 Å². The van der Waals surface area contributed by atoms with Crippen molar-refractivity contribution < 1.29 is 28.7 Å². The van der Waals surface area contributed by atoms with Crippen LogP contribution < -0.4 is 16.0 Å². The summed E-state index contributed by atoms with van der Waals surface area (Å²) in [5.41, 5.74) is 0.849. The monoisotopic (exact) mass is 439 g/mol. The molecule has 0 radical (unpaired) electrons. The summed E-state index contributed by atoms with van der Waals surface area (Å²) in [7, 11) is 1.25. The van der Waals surface area contributed by atoms with Crippen LogP contribution in [0.15, 0.2) is 48.5 Å². The molecule has 168 valence electrons. The normalized spacial score (nSPS) is 11.3. The standard InChI is InChI=1S/C23H25N3O6/c1-13(2)19(23(31)32-4)26-21(29)15-9-11-16(12-10-15)25-22(30)20(28)17-7-5-6-8-18(17)24-14(3)27/h5-13,19H,1-4H3,(H,24,27)(H,25,30)(H,26,29)/t19-/m0/s1. The van der Waals surface area contributed by atoms with E-state index in [1.54, 1.807) is 26.0 Å². The van der Waals surface area contributed by atoms with Crippen molar-refractivity contribution in [2.75, 3.05) is 17.7 Å². The topological polar surface area (TPSA) is 131 Å². The maximum Gasteiger partial charge on any atom is 0.328 e. The SMILES string of the molecule is COC(=O)[C@@H](NC(=O)c1ccc(NC(=O)C(=O)c2ccccc2NC(C)=O)cc1)C(C)C. The Labute approximate surface area is 185 Å². The summed E-state index contributed by atoms with van der Waals surface area (Å²) in [6.45, 7) is 4.86. The Hall–Kier alpha value is -4.01. The third kappa shape index (κ3) is 6.24. The van der Waals surface area contributed by atoms with Crippen molar-refractivity contribution >= 4 is 40.8 Å². The molecule has 0 saturated heterocycles. The van der Waals surface area contributed by atoms with Gasteiger partial charge in [-0.15, -0.1) is 0 Å². The van der Waals surface area contributed by atoms with Gasteiger partial charge >= 0.3 is 5.97 Å². The average Bonchev–Trinajstić information content (AvgIpc) is 2.76. The zero-order valence-corrected chi connectivity index (χ0v) is 18.2. The lowest BCUT2D eigenvalue weighted by atomic mass is 10.0. The molecular formula is C23H25N3O6. The number of para-hydroxylation sites is 1. The van der Waals surface area contributed by atoms with E-state index in [0.717, 1.165) is 0 Å².